The lowest BCUT2D eigenvalue weighted by Crippen LogP contribution is -2.48. The summed E-state index contributed by atoms with van der Waals surface area (Å²) in [6.45, 7) is 7.69. The molecular weight excluding hydrogens is 252 g/mol. The third-order valence-corrected chi connectivity index (χ3v) is 3.43. The van der Waals surface area contributed by atoms with Crippen LogP contribution in [0.15, 0.2) is 18.2 Å². The Morgan fingerprint density at radius 3 is 2.65 bits per heavy atom. The van der Waals surface area contributed by atoms with Crippen LogP contribution in [0.3, 0.4) is 0 Å². The molecule has 0 aliphatic heterocycles. The Morgan fingerprint density at radius 1 is 1.35 bits per heavy atom. The molecule has 0 saturated heterocycles. The molecule has 1 heterocycles. The number of likely N-dealkylation sites (N-methyl/N-ethyl adjacent to an activating group) is 1. The maximum atomic E-state index is 12.1. The van der Waals surface area contributed by atoms with Gasteiger partial charge < -0.3 is 15.5 Å². The Morgan fingerprint density at radius 2 is 2.05 bits per heavy atom. The highest BCUT2D eigenvalue weighted by Gasteiger charge is 2.21. The Kier molecular flexibility index (Phi) is 5.95. The van der Waals surface area contributed by atoms with Crippen molar-refractivity contribution in [2.45, 2.75) is 32.7 Å². The van der Waals surface area contributed by atoms with Crippen molar-refractivity contribution in [2.24, 2.45) is 0 Å². The van der Waals surface area contributed by atoms with Gasteiger partial charge in [-0.05, 0) is 46.5 Å². The number of hydrogen-bond donors (Lipinski definition) is 2. The van der Waals surface area contributed by atoms with E-state index in [0.29, 0.717) is 12.2 Å². The van der Waals surface area contributed by atoms with Crippen LogP contribution in [-0.4, -0.2) is 48.5 Å². The van der Waals surface area contributed by atoms with E-state index in [4.69, 9.17) is 0 Å². The van der Waals surface area contributed by atoms with Gasteiger partial charge in [0.05, 0.1) is 0 Å². The minimum atomic E-state index is -0.139. The van der Waals surface area contributed by atoms with Crippen LogP contribution in [0.1, 0.15) is 37.7 Å². The van der Waals surface area contributed by atoms with Gasteiger partial charge in [0.25, 0.3) is 5.91 Å². The van der Waals surface area contributed by atoms with Gasteiger partial charge in [-0.15, -0.1) is 0 Å². The first kappa shape index (κ1) is 16.4. The lowest BCUT2D eigenvalue weighted by atomic mass is 10.0. The Balaban J connectivity index is 2.63. The predicted octanol–water partition coefficient (Wildman–Crippen LogP) is 1.97. The van der Waals surface area contributed by atoms with Crippen LogP contribution in [0.4, 0.5) is 5.82 Å². The maximum Gasteiger partial charge on any atom is 0.270 e. The molecular formula is C15H26N4O. The van der Waals surface area contributed by atoms with Crippen LogP contribution < -0.4 is 10.6 Å². The SMILES string of the molecule is CCCNc1cccc(C(=O)NCC(C)(C)N(C)C)n1. The molecule has 0 unspecified atom stereocenters. The van der Waals surface area contributed by atoms with Crippen LogP contribution in [0.25, 0.3) is 0 Å². The topological polar surface area (TPSA) is 57.3 Å². The van der Waals surface area contributed by atoms with Crippen molar-refractivity contribution in [2.75, 3.05) is 32.5 Å². The summed E-state index contributed by atoms with van der Waals surface area (Å²) >= 11 is 0. The number of aromatic nitrogens is 1. The van der Waals surface area contributed by atoms with Gasteiger partial charge in [0.15, 0.2) is 0 Å². The first-order valence-electron chi connectivity index (χ1n) is 7.03. The molecule has 0 aromatic carbocycles. The molecule has 0 atom stereocenters. The van der Waals surface area contributed by atoms with E-state index in [0.717, 1.165) is 18.8 Å². The fourth-order valence-corrected chi connectivity index (χ4v) is 1.46. The molecule has 0 aliphatic carbocycles. The third kappa shape index (κ3) is 4.81. The van der Waals surface area contributed by atoms with E-state index in [-0.39, 0.29) is 11.4 Å². The monoisotopic (exact) mass is 278 g/mol. The molecule has 0 saturated carbocycles. The number of carbonyl (C=O) groups excluding carboxylic acids is 1. The van der Waals surface area contributed by atoms with E-state index in [9.17, 15) is 4.79 Å². The highest BCUT2D eigenvalue weighted by Crippen LogP contribution is 2.09. The molecule has 5 heteroatoms. The molecule has 1 rings (SSSR count). The van der Waals surface area contributed by atoms with E-state index in [1.807, 2.05) is 26.2 Å². The molecule has 20 heavy (non-hydrogen) atoms. The van der Waals surface area contributed by atoms with E-state index in [1.165, 1.54) is 0 Å². The summed E-state index contributed by atoms with van der Waals surface area (Å²) in [5.41, 5.74) is 0.356. The van der Waals surface area contributed by atoms with E-state index in [2.05, 4.69) is 41.3 Å². The second-order valence-electron chi connectivity index (χ2n) is 5.72. The molecule has 5 nitrogen and oxygen atoms in total. The summed E-state index contributed by atoms with van der Waals surface area (Å²) in [4.78, 5) is 18.5. The smallest absolute Gasteiger partial charge is 0.270 e. The molecule has 0 spiro atoms. The Labute approximate surface area is 121 Å². The predicted molar refractivity (Wildman–Crippen MR) is 83.1 cm³/mol. The molecule has 0 radical (unpaired) electrons. The summed E-state index contributed by atoms with van der Waals surface area (Å²) < 4.78 is 0. The Bertz CT molecular complexity index is 443. The zero-order chi connectivity index (χ0) is 15.2. The highest BCUT2D eigenvalue weighted by molar-refractivity contribution is 5.92. The Hall–Kier alpha value is -1.62. The van der Waals surface area contributed by atoms with E-state index < -0.39 is 0 Å². The zero-order valence-electron chi connectivity index (χ0n) is 13.2. The largest absolute Gasteiger partial charge is 0.370 e. The number of nitrogens with one attached hydrogen (secondary N) is 2. The first-order chi connectivity index (χ1) is 9.36. The summed E-state index contributed by atoms with van der Waals surface area (Å²) in [5.74, 6) is 0.603. The lowest BCUT2D eigenvalue weighted by Gasteiger charge is -2.32. The maximum absolute atomic E-state index is 12.1. The summed E-state index contributed by atoms with van der Waals surface area (Å²) in [6, 6.07) is 5.45. The number of anilines is 1. The van der Waals surface area contributed by atoms with Crippen LogP contribution >= 0.6 is 0 Å². The molecule has 2 N–H and O–H groups in total. The number of hydrogen-bond acceptors (Lipinski definition) is 4. The zero-order valence-corrected chi connectivity index (χ0v) is 13.2. The van der Waals surface area contributed by atoms with Crippen molar-refractivity contribution in [1.82, 2.24) is 15.2 Å². The van der Waals surface area contributed by atoms with Gasteiger partial charge in [-0.1, -0.05) is 13.0 Å². The van der Waals surface area contributed by atoms with Crippen molar-refractivity contribution in [3.05, 3.63) is 23.9 Å². The molecule has 1 amide bonds. The number of carbonyl (C=O) groups is 1. The van der Waals surface area contributed by atoms with Gasteiger partial charge in [0, 0.05) is 18.6 Å². The lowest BCUT2D eigenvalue weighted by molar-refractivity contribution is 0.0915. The van der Waals surface area contributed by atoms with Crippen molar-refractivity contribution < 1.29 is 4.79 Å². The van der Waals surface area contributed by atoms with Gasteiger partial charge >= 0.3 is 0 Å². The quantitative estimate of drug-likeness (QED) is 0.800. The average Bonchev–Trinajstić information content (AvgIpc) is 2.42. The van der Waals surface area contributed by atoms with Crippen LogP contribution in [-0.2, 0) is 0 Å². The number of nitrogens with zero attached hydrogens (tertiary/aromatic N) is 2. The van der Waals surface area contributed by atoms with Crippen molar-refractivity contribution in [3.8, 4) is 0 Å². The normalized spacial score (nSPS) is 11.5. The molecule has 0 aliphatic rings. The molecule has 1 aromatic heterocycles. The van der Waals surface area contributed by atoms with Crippen molar-refractivity contribution >= 4 is 11.7 Å². The summed E-state index contributed by atoms with van der Waals surface area (Å²) in [7, 11) is 4.00. The van der Waals surface area contributed by atoms with Crippen LogP contribution in [0, 0.1) is 0 Å². The number of amides is 1. The van der Waals surface area contributed by atoms with Gasteiger partial charge in [-0.2, -0.15) is 0 Å². The van der Waals surface area contributed by atoms with Gasteiger partial charge in [0.2, 0.25) is 0 Å². The number of pyridine rings is 1. The van der Waals surface area contributed by atoms with Gasteiger partial charge in [-0.25, -0.2) is 4.98 Å². The standard InChI is InChI=1S/C15H26N4O/c1-6-10-16-13-9-7-8-12(18-13)14(20)17-11-15(2,3)19(4)5/h7-9H,6,10-11H2,1-5H3,(H,16,18)(H,17,20). The molecule has 0 bridgehead atoms. The van der Waals surface area contributed by atoms with E-state index >= 15 is 0 Å². The van der Waals surface area contributed by atoms with Crippen molar-refractivity contribution in [1.29, 1.82) is 0 Å². The fourth-order valence-electron chi connectivity index (χ4n) is 1.46. The molecule has 0 fully saturated rings. The summed E-state index contributed by atoms with van der Waals surface area (Å²) in [6.07, 6.45) is 1.02. The van der Waals surface area contributed by atoms with Crippen LogP contribution in [0.2, 0.25) is 0 Å². The highest BCUT2D eigenvalue weighted by atomic mass is 16.1. The van der Waals surface area contributed by atoms with Gasteiger partial charge in [0.1, 0.15) is 11.5 Å². The molecule has 112 valence electrons. The minimum Gasteiger partial charge on any atom is -0.370 e. The third-order valence-electron chi connectivity index (χ3n) is 3.43. The second kappa shape index (κ2) is 7.24. The molecule has 1 aromatic rings. The second-order valence-corrected chi connectivity index (χ2v) is 5.72. The fraction of sp³-hybridized carbons (Fsp3) is 0.600. The number of rotatable bonds is 7. The summed E-state index contributed by atoms with van der Waals surface area (Å²) in [5, 5.41) is 6.11. The minimum absolute atomic E-state index is 0.0896. The first-order valence-corrected chi connectivity index (χ1v) is 7.03. The van der Waals surface area contributed by atoms with Crippen LogP contribution in [0.5, 0.6) is 0 Å². The van der Waals surface area contributed by atoms with E-state index in [1.54, 1.807) is 6.07 Å². The van der Waals surface area contributed by atoms with Gasteiger partial charge in [-0.3, -0.25) is 4.79 Å². The van der Waals surface area contributed by atoms with Crippen molar-refractivity contribution in [3.63, 3.8) is 0 Å². The average molecular weight is 278 g/mol.